The van der Waals surface area contributed by atoms with Gasteiger partial charge >= 0.3 is 24.2 Å². The first-order chi connectivity index (χ1) is 10.3. The van der Waals surface area contributed by atoms with Crippen molar-refractivity contribution in [1.82, 2.24) is 0 Å². The van der Waals surface area contributed by atoms with Gasteiger partial charge in [-0.05, 0) is 25.2 Å². The molecule has 0 heterocycles. The van der Waals surface area contributed by atoms with Crippen LogP contribution >= 0.6 is 0 Å². The van der Waals surface area contributed by atoms with Gasteiger partial charge in [0.25, 0.3) is 0 Å². The molecule has 2 aliphatic rings. The maximum atomic E-state index is 13.4. The second kappa shape index (κ2) is 5.34. The highest BCUT2D eigenvalue weighted by Crippen LogP contribution is 2.52. The minimum Gasteiger partial charge on any atom is -0.395 e. The van der Waals surface area contributed by atoms with Crippen molar-refractivity contribution in [2.24, 2.45) is 11.3 Å². The van der Waals surface area contributed by atoms with Gasteiger partial charge in [0.05, 0.1) is 11.8 Å². The topological polar surface area (TPSA) is 26.3 Å². The van der Waals surface area contributed by atoms with E-state index in [-0.39, 0.29) is 18.8 Å². The third-order valence-corrected chi connectivity index (χ3v) is 4.09. The molecule has 1 saturated carbocycles. The fourth-order valence-corrected chi connectivity index (χ4v) is 2.80. The average molecular weight is 352 g/mol. The van der Waals surface area contributed by atoms with E-state index in [4.69, 9.17) is 0 Å². The number of carbonyl (C=O) groups is 1. The summed E-state index contributed by atoms with van der Waals surface area (Å²) >= 11 is 0. The molecule has 0 aliphatic heterocycles. The first-order valence-corrected chi connectivity index (χ1v) is 6.68. The molecule has 2 rings (SSSR count). The second-order valence-corrected chi connectivity index (χ2v) is 5.83. The smallest absolute Gasteiger partial charge is 0.395 e. The van der Waals surface area contributed by atoms with Gasteiger partial charge in [0.1, 0.15) is 0 Å². The Morgan fingerprint density at radius 1 is 1.22 bits per heavy atom. The van der Waals surface area contributed by atoms with Crippen LogP contribution in [0.4, 0.5) is 35.1 Å². The molecule has 10 heteroatoms. The summed E-state index contributed by atoms with van der Waals surface area (Å²) in [4.78, 5) is 11.8. The van der Waals surface area contributed by atoms with Gasteiger partial charge in [0.15, 0.2) is 6.17 Å². The van der Waals surface area contributed by atoms with Crippen LogP contribution in [0.3, 0.4) is 0 Å². The van der Waals surface area contributed by atoms with Crippen molar-refractivity contribution < 1.29 is 44.7 Å². The molecule has 0 aromatic rings. The number of hydrogen-bond donors (Lipinski definition) is 0. The number of esters is 1. The van der Waals surface area contributed by atoms with Crippen molar-refractivity contribution in [3.05, 3.63) is 12.2 Å². The number of allylic oxidation sites excluding steroid dienone is 1. The minimum absolute atomic E-state index is 0.0594. The zero-order valence-electron chi connectivity index (χ0n) is 11.5. The van der Waals surface area contributed by atoms with Crippen molar-refractivity contribution in [3.8, 4) is 0 Å². The molecule has 3 atom stereocenters. The monoisotopic (exact) mass is 352 g/mol. The van der Waals surface area contributed by atoms with Crippen LogP contribution in [-0.2, 0) is 9.53 Å². The summed E-state index contributed by atoms with van der Waals surface area (Å²) in [5.41, 5.74) is -1.49. The molecule has 0 N–H and O–H groups in total. The van der Waals surface area contributed by atoms with Gasteiger partial charge in [-0.25, -0.2) is 4.39 Å². The van der Waals surface area contributed by atoms with E-state index in [1.54, 1.807) is 6.08 Å². The number of hydrogen-bond acceptors (Lipinski definition) is 2. The molecule has 0 aromatic carbocycles. The summed E-state index contributed by atoms with van der Waals surface area (Å²) in [7, 11) is 0. The standard InChI is InChI=1S/C13H12F8O2/c14-8(6-11(15,16)17)12(18,19)13(20,21)23-9(22)10-3-1-7(5-10)2-4-10/h1,3,7-8H,2,4-6H2. The van der Waals surface area contributed by atoms with Gasteiger partial charge in [-0.3, -0.25) is 4.79 Å². The fraction of sp³-hybridized carbons (Fsp3) is 0.769. The number of alkyl halides is 8. The third-order valence-electron chi connectivity index (χ3n) is 4.09. The van der Waals surface area contributed by atoms with Gasteiger partial charge in [0, 0.05) is 0 Å². The maximum absolute atomic E-state index is 13.4. The molecule has 3 unspecified atom stereocenters. The van der Waals surface area contributed by atoms with Gasteiger partial charge in [-0.2, -0.15) is 30.7 Å². The lowest BCUT2D eigenvalue weighted by molar-refractivity contribution is -0.353. The van der Waals surface area contributed by atoms with E-state index in [2.05, 4.69) is 4.74 Å². The largest absolute Gasteiger partial charge is 0.469 e. The molecule has 1 fully saturated rings. The van der Waals surface area contributed by atoms with Crippen LogP contribution < -0.4 is 0 Å². The third kappa shape index (κ3) is 3.30. The zero-order valence-corrected chi connectivity index (χ0v) is 11.5. The first-order valence-electron chi connectivity index (χ1n) is 6.68. The van der Waals surface area contributed by atoms with E-state index < -0.39 is 42.2 Å². The Morgan fingerprint density at radius 3 is 2.22 bits per heavy atom. The van der Waals surface area contributed by atoms with Crippen molar-refractivity contribution in [1.29, 1.82) is 0 Å². The Morgan fingerprint density at radius 2 is 1.83 bits per heavy atom. The lowest BCUT2D eigenvalue weighted by Crippen LogP contribution is -2.53. The highest BCUT2D eigenvalue weighted by atomic mass is 19.4. The summed E-state index contributed by atoms with van der Waals surface area (Å²) in [5, 5.41) is 0. The molecule has 132 valence electrons. The highest BCUT2D eigenvalue weighted by molar-refractivity contribution is 5.80. The normalized spacial score (nSPS) is 29.0. The van der Waals surface area contributed by atoms with Crippen LogP contribution in [0.25, 0.3) is 0 Å². The molecule has 0 radical (unpaired) electrons. The minimum atomic E-state index is -5.80. The molecule has 2 aliphatic carbocycles. The summed E-state index contributed by atoms with van der Waals surface area (Å²) < 4.78 is 106. The molecule has 0 spiro atoms. The first kappa shape index (κ1) is 18.0. The number of ether oxygens (including phenoxy) is 1. The van der Waals surface area contributed by atoms with Crippen LogP contribution in [-0.4, -0.2) is 30.3 Å². The lowest BCUT2D eigenvalue weighted by Gasteiger charge is -2.31. The summed E-state index contributed by atoms with van der Waals surface area (Å²) in [6, 6.07) is 0. The fourth-order valence-electron chi connectivity index (χ4n) is 2.80. The lowest BCUT2D eigenvalue weighted by atomic mass is 9.88. The number of fused-ring (bicyclic) bond motifs is 2. The molecule has 0 amide bonds. The zero-order chi connectivity index (χ0) is 17.7. The summed E-state index contributed by atoms with van der Waals surface area (Å²) in [6.07, 6.45) is -14.6. The van der Waals surface area contributed by atoms with Gasteiger partial charge < -0.3 is 4.74 Å². The molecular formula is C13H12F8O2. The van der Waals surface area contributed by atoms with Crippen molar-refractivity contribution in [2.75, 3.05) is 0 Å². The SMILES string of the molecule is O=C(OC(F)(F)C(F)(F)C(F)CC(F)(F)F)C12C=CC(CC1)C2. The average Bonchev–Trinajstić information content (AvgIpc) is 2.97. The van der Waals surface area contributed by atoms with Crippen LogP contribution in [0.1, 0.15) is 25.7 Å². The molecule has 2 nitrogen and oxygen atoms in total. The van der Waals surface area contributed by atoms with Crippen LogP contribution in [0, 0.1) is 11.3 Å². The van der Waals surface area contributed by atoms with E-state index >= 15 is 0 Å². The molecule has 0 saturated heterocycles. The molecule has 23 heavy (non-hydrogen) atoms. The van der Waals surface area contributed by atoms with E-state index in [1.165, 1.54) is 6.08 Å². The Hall–Kier alpha value is -1.35. The molecular weight excluding hydrogens is 340 g/mol. The number of carbonyl (C=O) groups excluding carboxylic acids is 1. The predicted octanol–water partition coefficient (Wildman–Crippen LogP) is 4.40. The Bertz CT molecular complexity index is 513. The van der Waals surface area contributed by atoms with E-state index in [9.17, 15) is 39.9 Å². The Balaban J connectivity index is 2.10. The summed E-state index contributed by atoms with van der Waals surface area (Å²) in [6.45, 7) is 0. The molecule has 0 aromatic heterocycles. The van der Waals surface area contributed by atoms with Crippen LogP contribution in [0.5, 0.6) is 0 Å². The predicted molar refractivity (Wildman–Crippen MR) is 60.5 cm³/mol. The van der Waals surface area contributed by atoms with E-state index in [0.717, 1.165) is 0 Å². The van der Waals surface area contributed by atoms with E-state index in [1.807, 2.05) is 0 Å². The van der Waals surface area contributed by atoms with Crippen molar-refractivity contribution in [2.45, 2.75) is 50.1 Å². The van der Waals surface area contributed by atoms with Gasteiger partial charge in [-0.1, -0.05) is 12.2 Å². The quantitative estimate of drug-likeness (QED) is 0.416. The number of halogens is 8. The van der Waals surface area contributed by atoms with Crippen LogP contribution in [0.2, 0.25) is 0 Å². The summed E-state index contributed by atoms with van der Waals surface area (Å²) in [5.74, 6) is -7.54. The molecule has 2 bridgehead atoms. The van der Waals surface area contributed by atoms with Gasteiger partial charge in [-0.15, -0.1) is 0 Å². The highest BCUT2D eigenvalue weighted by Gasteiger charge is 2.68. The van der Waals surface area contributed by atoms with Crippen LogP contribution in [0.15, 0.2) is 12.2 Å². The Labute approximate surface area is 125 Å². The van der Waals surface area contributed by atoms with Crippen molar-refractivity contribution in [3.63, 3.8) is 0 Å². The second-order valence-electron chi connectivity index (χ2n) is 5.83. The van der Waals surface area contributed by atoms with Gasteiger partial charge in [0.2, 0.25) is 0 Å². The van der Waals surface area contributed by atoms with E-state index in [0.29, 0.717) is 6.42 Å². The number of rotatable bonds is 5. The maximum Gasteiger partial charge on any atom is 0.469 e. The Kier molecular flexibility index (Phi) is 4.18. The van der Waals surface area contributed by atoms with Crippen molar-refractivity contribution >= 4 is 5.97 Å².